The molecule has 7 heteroatoms. The highest BCUT2D eigenvalue weighted by atomic mass is 16.5. The van der Waals surface area contributed by atoms with Crippen molar-refractivity contribution in [3.63, 3.8) is 0 Å². The summed E-state index contributed by atoms with van der Waals surface area (Å²) in [4.78, 5) is 56.3. The molecule has 7 nitrogen and oxygen atoms in total. The third-order valence-electron chi connectivity index (χ3n) is 7.23. The quantitative estimate of drug-likeness (QED) is 0.431. The molecule has 1 spiro atoms. The first-order valence-electron chi connectivity index (χ1n) is 11.3. The largest absolute Gasteiger partial charge is 0.497 e. The predicted molar refractivity (Wildman–Crippen MR) is 125 cm³/mol. The van der Waals surface area contributed by atoms with Gasteiger partial charge in [-0.3, -0.25) is 19.2 Å². The van der Waals surface area contributed by atoms with Crippen molar-refractivity contribution in [1.29, 1.82) is 0 Å². The van der Waals surface area contributed by atoms with Gasteiger partial charge in [-0.05, 0) is 36.8 Å². The van der Waals surface area contributed by atoms with Crippen LogP contribution in [-0.2, 0) is 14.3 Å². The van der Waals surface area contributed by atoms with Crippen LogP contribution in [-0.4, -0.2) is 36.1 Å². The fourth-order valence-corrected chi connectivity index (χ4v) is 5.58. The Morgan fingerprint density at radius 2 is 1.49 bits per heavy atom. The standard InChI is InChI=1S/C28H21NO6/c1-15-10-12-17(13-11-15)29-26(32)21-22(27(29)33)28(24(30)19-8-3-4-9-20(19)25(28)31)35-23(21)16-6-5-7-18(14-16)34-2/h3-14,21-23H,1-2H3. The van der Waals surface area contributed by atoms with Gasteiger partial charge in [0.2, 0.25) is 29.0 Å². The van der Waals surface area contributed by atoms with Crippen LogP contribution in [0.2, 0.25) is 0 Å². The number of Topliss-reactive ketones (excluding diaryl/α,β-unsaturated/α-hetero) is 2. The summed E-state index contributed by atoms with van der Waals surface area (Å²) in [6.07, 6.45) is -0.982. The molecule has 2 heterocycles. The number of benzene rings is 3. The molecule has 35 heavy (non-hydrogen) atoms. The van der Waals surface area contributed by atoms with E-state index in [1.807, 2.05) is 6.92 Å². The van der Waals surface area contributed by atoms with Crippen molar-refractivity contribution in [2.24, 2.45) is 11.8 Å². The van der Waals surface area contributed by atoms with Crippen molar-refractivity contribution in [3.8, 4) is 5.75 Å². The van der Waals surface area contributed by atoms with Gasteiger partial charge in [0, 0.05) is 11.1 Å². The molecule has 2 aliphatic heterocycles. The Labute approximate surface area is 201 Å². The van der Waals surface area contributed by atoms with Crippen LogP contribution in [0.1, 0.15) is 37.9 Å². The van der Waals surface area contributed by atoms with E-state index in [9.17, 15) is 19.2 Å². The molecule has 0 N–H and O–H groups in total. The number of anilines is 1. The van der Waals surface area contributed by atoms with E-state index in [1.165, 1.54) is 7.11 Å². The number of ether oxygens (including phenoxy) is 2. The highest BCUT2D eigenvalue weighted by Crippen LogP contribution is 2.57. The molecule has 0 aromatic heterocycles. The molecule has 3 unspecified atom stereocenters. The Bertz CT molecular complexity index is 1390. The van der Waals surface area contributed by atoms with Crippen LogP contribution in [0.15, 0.2) is 72.8 Å². The van der Waals surface area contributed by atoms with Gasteiger partial charge in [-0.2, -0.15) is 0 Å². The molecule has 0 bridgehead atoms. The van der Waals surface area contributed by atoms with Crippen LogP contribution in [0, 0.1) is 18.8 Å². The van der Waals surface area contributed by atoms with E-state index in [-0.39, 0.29) is 11.1 Å². The molecule has 3 aromatic carbocycles. The maximum atomic E-state index is 13.9. The van der Waals surface area contributed by atoms with Gasteiger partial charge in [0.15, 0.2) is 0 Å². The number of aryl methyl sites for hydroxylation is 1. The van der Waals surface area contributed by atoms with Crippen LogP contribution in [0.25, 0.3) is 0 Å². The van der Waals surface area contributed by atoms with Gasteiger partial charge >= 0.3 is 0 Å². The van der Waals surface area contributed by atoms with Gasteiger partial charge in [-0.1, -0.05) is 54.1 Å². The van der Waals surface area contributed by atoms with Gasteiger partial charge in [0.1, 0.15) is 5.75 Å². The van der Waals surface area contributed by atoms with Crippen LogP contribution >= 0.6 is 0 Å². The molecule has 2 amide bonds. The molecular formula is C28H21NO6. The third-order valence-corrected chi connectivity index (χ3v) is 7.23. The maximum absolute atomic E-state index is 13.9. The number of fused-ring (bicyclic) bond motifs is 3. The monoisotopic (exact) mass is 467 g/mol. The summed E-state index contributed by atoms with van der Waals surface area (Å²) in [6, 6.07) is 20.3. The summed E-state index contributed by atoms with van der Waals surface area (Å²) >= 11 is 0. The predicted octanol–water partition coefficient (Wildman–Crippen LogP) is 3.70. The molecule has 3 aliphatic rings. The summed E-state index contributed by atoms with van der Waals surface area (Å²) in [6.45, 7) is 1.90. The van der Waals surface area contributed by atoms with Gasteiger partial charge in [-0.25, -0.2) is 4.90 Å². The topological polar surface area (TPSA) is 90.0 Å². The zero-order valence-electron chi connectivity index (χ0n) is 19.1. The average Bonchev–Trinajstić information content (AvgIpc) is 3.45. The van der Waals surface area contributed by atoms with E-state index in [0.717, 1.165) is 10.5 Å². The van der Waals surface area contributed by atoms with E-state index in [0.29, 0.717) is 17.0 Å². The normalized spacial score (nSPS) is 24.3. The number of carbonyl (C=O) groups excluding carboxylic acids is 4. The SMILES string of the molecule is COc1cccc(C2OC3(C(=O)c4ccccc4C3=O)C3C(=O)N(c4ccc(C)cc4)C(=O)C23)c1. The highest BCUT2D eigenvalue weighted by Gasteiger charge is 2.74. The molecule has 3 atom stereocenters. The van der Waals surface area contributed by atoms with Crippen molar-refractivity contribution in [1.82, 2.24) is 0 Å². The van der Waals surface area contributed by atoms with Crippen LogP contribution in [0.3, 0.4) is 0 Å². The summed E-state index contributed by atoms with van der Waals surface area (Å²) in [7, 11) is 1.52. The van der Waals surface area contributed by atoms with Gasteiger partial charge in [0.05, 0.1) is 30.7 Å². The van der Waals surface area contributed by atoms with Crippen molar-refractivity contribution >= 4 is 29.1 Å². The Balaban J connectivity index is 1.54. The van der Waals surface area contributed by atoms with E-state index in [2.05, 4.69) is 0 Å². The van der Waals surface area contributed by atoms with Crippen LogP contribution in [0.5, 0.6) is 5.75 Å². The van der Waals surface area contributed by atoms with Crippen molar-refractivity contribution in [3.05, 3.63) is 95.1 Å². The summed E-state index contributed by atoms with van der Waals surface area (Å²) in [5.41, 5.74) is 0.246. The Morgan fingerprint density at radius 3 is 2.11 bits per heavy atom. The lowest BCUT2D eigenvalue weighted by Crippen LogP contribution is -2.51. The second-order valence-electron chi connectivity index (χ2n) is 9.11. The second-order valence-corrected chi connectivity index (χ2v) is 9.11. The maximum Gasteiger partial charge on any atom is 0.241 e. The van der Waals surface area contributed by atoms with Gasteiger partial charge in [-0.15, -0.1) is 0 Å². The van der Waals surface area contributed by atoms with Crippen LogP contribution in [0.4, 0.5) is 5.69 Å². The Morgan fingerprint density at radius 1 is 0.829 bits per heavy atom. The molecule has 174 valence electrons. The lowest BCUT2D eigenvalue weighted by atomic mass is 9.77. The number of carbonyl (C=O) groups is 4. The van der Waals surface area contributed by atoms with E-state index in [4.69, 9.17) is 9.47 Å². The first-order valence-corrected chi connectivity index (χ1v) is 11.3. The van der Waals surface area contributed by atoms with E-state index in [1.54, 1.807) is 72.8 Å². The molecule has 1 aliphatic carbocycles. The van der Waals surface area contributed by atoms with Crippen molar-refractivity contribution < 1.29 is 28.7 Å². The zero-order valence-corrected chi connectivity index (χ0v) is 19.1. The van der Waals surface area contributed by atoms with Crippen LogP contribution < -0.4 is 9.64 Å². The smallest absolute Gasteiger partial charge is 0.241 e. The first-order chi connectivity index (χ1) is 16.9. The van der Waals surface area contributed by atoms with Crippen molar-refractivity contribution in [2.75, 3.05) is 12.0 Å². The summed E-state index contributed by atoms with van der Waals surface area (Å²) < 4.78 is 11.6. The average molecular weight is 467 g/mol. The molecule has 6 rings (SSSR count). The number of ketones is 2. The van der Waals surface area contributed by atoms with Crippen molar-refractivity contribution in [2.45, 2.75) is 18.6 Å². The lowest BCUT2D eigenvalue weighted by Gasteiger charge is -2.27. The summed E-state index contributed by atoms with van der Waals surface area (Å²) in [5.74, 6) is -4.05. The molecular weight excluding hydrogens is 446 g/mol. The highest BCUT2D eigenvalue weighted by molar-refractivity contribution is 6.37. The minimum absolute atomic E-state index is 0.205. The lowest BCUT2D eigenvalue weighted by molar-refractivity contribution is -0.127. The number of hydrogen-bond donors (Lipinski definition) is 0. The number of methoxy groups -OCH3 is 1. The fraction of sp³-hybridized carbons (Fsp3) is 0.214. The van der Waals surface area contributed by atoms with Gasteiger partial charge < -0.3 is 9.47 Å². The number of imide groups is 1. The number of nitrogens with zero attached hydrogens (tertiary/aromatic N) is 1. The molecule has 2 saturated heterocycles. The fourth-order valence-electron chi connectivity index (χ4n) is 5.58. The summed E-state index contributed by atoms with van der Waals surface area (Å²) in [5, 5.41) is 0. The zero-order chi connectivity index (χ0) is 24.5. The minimum atomic E-state index is -2.09. The molecule has 3 aromatic rings. The Kier molecular flexibility index (Phi) is 4.56. The van der Waals surface area contributed by atoms with E-state index >= 15 is 0 Å². The van der Waals surface area contributed by atoms with Gasteiger partial charge in [0.25, 0.3) is 0 Å². The first kappa shape index (κ1) is 21.4. The third kappa shape index (κ3) is 2.76. The molecule has 0 saturated carbocycles. The molecule has 0 radical (unpaired) electrons. The van der Waals surface area contributed by atoms with E-state index < -0.39 is 46.9 Å². The number of hydrogen-bond acceptors (Lipinski definition) is 6. The second kappa shape index (κ2) is 7.45. The Hall–Kier alpha value is -4.10. The minimum Gasteiger partial charge on any atom is -0.497 e. The number of rotatable bonds is 3. The molecule has 2 fully saturated rings. The number of amides is 2.